The number of ether oxygens (including phenoxy) is 1. The fourth-order valence-corrected chi connectivity index (χ4v) is 4.05. The van der Waals surface area contributed by atoms with E-state index in [1.807, 2.05) is 50.3 Å². The number of amides is 1. The van der Waals surface area contributed by atoms with Crippen LogP contribution in [-0.2, 0) is 17.8 Å². The lowest BCUT2D eigenvalue weighted by Crippen LogP contribution is -2.03. The van der Waals surface area contributed by atoms with Crippen LogP contribution in [0.15, 0.2) is 60.7 Å². The molecule has 152 valence electrons. The first-order valence-corrected chi connectivity index (χ1v) is 10.6. The molecule has 30 heavy (non-hydrogen) atoms. The number of hydrogen-bond donors (Lipinski definition) is 1. The average molecular weight is 418 g/mol. The van der Waals surface area contributed by atoms with Crippen LogP contribution in [0, 0.1) is 13.8 Å². The molecule has 3 aromatic rings. The highest BCUT2D eigenvalue weighted by atomic mass is 35.5. The highest BCUT2D eigenvalue weighted by Gasteiger charge is 2.24. The first kappa shape index (κ1) is 20.2. The van der Waals surface area contributed by atoms with Gasteiger partial charge in [0.05, 0.1) is 0 Å². The van der Waals surface area contributed by atoms with Crippen molar-refractivity contribution in [3.63, 3.8) is 0 Å². The molecule has 3 nitrogen and oxygen atoms in total. The Kier molecular flexibility index (Phi) is 5.91. The molecule has 1 aliphatic heterocycles. The van der Waals surface area contributed by atoms with Crippen LogP contribution in [0.2, 0.25) is 0 Å². The predicted octanol–water partition coefficient (Wildman–Crippen LogP) is 6.16. The Hall–Kier alpha value is -3.04. The molecule has 4 rings (SSSR count). The molecule has 0 unspecified atom stereocenters. The smallest absolute Gasteiger partial charge is 0.256 e. The van der Waals surface area contributed by atoms with Gasteiger partial charge in [-0.05, 0) is 78.4 Å². The Bertz CT molecular complexity index is 1100. The highest BCUT2D eigenvalue weighted by molar-refractivity contribution is 6.35. The Morgan fingerprint density at radius 3 is 2.40 bits per heavy atom. The van der Waals surface area contributed by atoms with E-state index < -0.39 is 0 Å². The normalized spacial score (nSPS) is 14.0. The molecule has 1 amide bonds. The second kappa shape index (κ2) is 8.76. The molecule has 1 aliphatic rings. The number of nitrogens with one attached hydrogen (secondary N) is 1. The maximum absolute atomic E-state index is 12.6. The number of anilines is 1. The van der Waals surface area contributed by atoms with Crippen molar-refractivity contribution in [1.29, 1.82) is 0 Å². The fraction of sp³-hybridized carbons (Fsp3) is 0.192. The number of alkyl halides is 1. The van der Waals surface area contributed by atoms with Gasteiger partial charge in [0.15, 0.2) is 0 Å². The zero-order valence-electron chi connectivity index (χ0n) is 17.2. The van der Waals surface area contributed by atoms with Crippen LogP contribution < -0.4 is 10.1 Å². The Morgan fingerprint density at radius 2 is 1.70 bits per heavy atom. The Balaban J connectivity index is 1.62. The molecule has 0 aromatic heterocycles. The molecule has 3 aromatic carbocycles. The molecular formula is C26H24ClNO2. The van der Waals surface area contributed by atoms with Crippen molar-refractivity contribution in [2.45, 2.75) is 26.9 Å². The molecule has 0 spiro atoms. The number of benzene rings is 3. The summed E-state index contributed by atoms with van der Waals surface area (Å²) in [4.78, 5) is 12.6. The lowest BCUT2D eigenvalue weighted by Gasteiger charge is -2.13. The van der Waals surface area contributed by atoms with Gasteiger partial charge in [-0.3, -0.25) is 4.79 Å². The van der Waals surface area contributed by atoms with Crippen molar-refractivity contribution in [1.82, 2.24) is 0 Å². The first-order chi connectivity index (χ1) is 14.5. The maximum Gasteiger partial charge on any atom is 0.256 e. The van der Waals surface area contributed by atoms with E-state index in [0.29, 0.717) is 18.1 Å². The summed E-state index contributed by atoms with van der Waals surface area (Å²) in [5.74, 6) is 1.37. The van der Waals surface area contributed by atoms with Crippen molar-refractivity contribution < 1.29 is 9.53 Å². The van der Waals surface area contributed by atoms with Gasteiger partial charge in [-0.15, -0.1) is 11.6 Å². The van der Waals surface area contributed by atoms with Crippen molar-refractivity contribution in [3.05, 3.63) is 94.0 Å². The summed E-state index contributed by atoms with van der Waals surface area (Å²) < 4.78 is 6.09. The predicted molar refractivity (Wildman–Crippen MR) is 124 cm³/mol. The van der Waals surface area contributed by atoms with E-state index in [1.54, 1.807) is 0 Å². The monoisotopic (exact) mass is 417 g/mol. The van der Waals surface area contributed by atoms with Gasteiger partial charge in [-0.25, -0.2) is 0 Å². The van der Waals surface area contributed by atoms with E-state index >= 15 is 0 Å². The van der Waals surface area contributed by atoms with Crippen LogP contribution in [0.3, 0.4) is 0 Å². The molecule has 1 heterocycles. The lowest BCUT2D eigenvalue weighted by atomic mass is 9.99. The van der Waals surface area contributed by atoms with Gasteiger partial charge in [-0.2, -0.15) is 0 Å². The molecule has 0 saturated carbocycles. The number of carbonyl (C=O) groups excluding carboxylic acids is 1. The molecule has 4 heteroatoms. The summed E-state index contributed by atoms with van der Waals surface area (Å²) in [6.45, 7) is 4.61. The lowest BCUT2D eigenvalue weighted by molar-refractivity contribution is -0.110. The van der Waals surface area contributed by atoms with Gasteiger partial charge in [-0.1, -0.05) is 36.4 Å². The largest absolute Gasteiger partial charge is 0.488 e. The fourth-order valence-electron chi connectivity index (χ4n) is 3.83. The standard InChI is InChI=1S/C26H24ClNO2/c1-17-12-21(13-18(2)25(17)30-16-20-6-4-3-5-7-20)15-23-22-14-19(10-11-27)8-9-24(22)28-26(23)29/h3-9,12-15H,10-11,16H2,1-2H3,(H,28,29). The van der Waals surface area contributed by atoms with Crippen molar-refractivity contribution in [2.24, 2.45) is 0 Å². The minimum absolute atomic E-state index is 0.0762. The summed E-state index contributed by atoms with van der Waals surface area (Å²) in [7, 11) is 0. The van der Waals surface area contributed by atoms with Crippen molar-refractivity contribution in [2.75, 3.05) is 11.2 Å². The van der Waals surface area contributed by atoms with E-state index in [1.165, 1.54) is 0 Å². The van der Waals surface area contributed by atoms with Gasteiger partial charge in [0, 0.05) is 22.7 Å². The van der Waals surface area contributed by atoms with Crippen LogP contribution in [0.4, 0.5) is 5.69 Å². The SMILES string of the molecule is Cc1cc(C=C2C(=O)Nc3ccc(CCCl)cc32)cc(C)c1OCc1ccccc1. The molecular weight excluding hydrogens is 394 g/mol. The molecule has 0 bridgehead atoms. The summed E-state index contributed by atoms with van der Waals surface area (Å²) in [5, 5.41) is 2.95. The van der Waals surface area contributed by atoms with Crippen molar-refractivity contribution >= 4 is 34.8 Å². The third-order valence-electron chi connectivity index (χ3n) is 5.27. The Morgan fingerprint density at radius 1 is 0.967 bits per heavy atom. The van der Waals surface area contributed by atoms with Gasteiger partial charge >= 0.3 is 0 Å². The number of aryl methyl sites for hydroxylation is 3. The van der Waals surface area contributed by atoms with Crippen LogP contribution in [0.1, 0.15) is 33.4 Å². The number of halogens is 1. The van der Waals surface area contributed by atoms with Gasteiger partial charge in [0.2, 0.25) is 0 Å². The Labute approximate surface area is 182 Å². The molecule has 0 aliphatic carbocycles. The van der Waals surface area contributed by atoms with Crippen LogP contribution >= 0.6 is 11.6 Å². The number of fused-ring (bicyclic) bond motifs is 1. The van der Waals surface area contributed by atoms with Crippen LogP contribution in [-0.4, -0.2) is 11.8 Å². The van der Waals surface area contributed by atoms with Crippen LogP contribution in [0.5, 0.6) is 5.75 Å². The van der Waals surface area contributed by atoms with E-state index in [4.69, 9.17) is 16.3 Å². The van der Waals surface area contributed by atoms with Crippen LogP contribution in [0.25, 0.3) is 11.6 Å². The number of rotatable bonds is 6. The van der Waals surface area contributed by atoms with Gasteiger partial charge in [0.25, 0.3) is 5.91 Å². The minimum Gasteiger partial charge on any atom is -0.488 e. The first-order valence-electron chi connectivity index (χ1n) is 10.1. The third kappa shape index (κ3) is 4.27. The number of carbonyl (C=O) groups is 1. The molecule has 0 fully saturated rings. The van der Waals surface area contributed by atoms with E-state index in [0.717, 1.165) is 51.2 Å². The number of hydrogen-bond acceptors (Lipinski definition) is 2. The van der Waals surface area contributed by atoms with E-state index in [-0.39, 0.29) is 5.91 Å². The third-order valence-corrected chi connectivity index (χ3v) is 5.46. The second-order valence-corrected chi connectivity index (χ2v) is 7.97. The molecule has 0 saturated heterocycles. The topological polar surface area (TPSA) is 38.3 Å². The van der Waals surface area contributed by atoms with E-state index in [2.05, 4.69) is 35.6 Å². The van der Waals surface area contributed by atoms with E-state index in [9.17, 15) is 4.79 Å². The molecule has 0 radical (unpaired) electrons. The summed E-state index contributed by atoms with van der Waals surface area (Å²) in [6.07, 6.45) is 2.73. The van der Waals surface area contributed by atoms with Gasteiger partial charge in [0.1, 0.15) is 12.4 Å². The quantitative estimate of drug-likeness (QED) is 0.385. The summed E-state index contributed by atoms with van der Waals surface area (Å²) >= 11 is 5.89. The zero-order chi connectivity index (χ0) is 21.1. The van der Waals surface area contributed by atoms with Gasteiger partial charge < -0.3 is 10.1 Å². The average Bonchev–Trinajstić information content (AvgIpc) is 3.03. The zero-order valence-corrected chi connectivity index (χ0v) is 17.9. The summed E-state index contributed by atoms with van der Waals surface area (Å²) in [5.41, 5.74) is 7.80. The molecule has 1 N–H and O–H groups in total. The second-order valence-electron chi connectivity index (χ2n) is 7.59. The summed E-state index contributed by atoms with van der Waals surface area (Å²) in [6, 6.07) is 20.3. The minimum atomic E-state index is -0.0762. The molecule has 0 atom stereocenters. The maximum atomic E-state index is 12.6. The highest BCUT2D eigenvalue weighted by Crippen LogP contribution is 2.35. The van der Waals surface area contributed by atoms with Crippen molar-refractivity contribution in [3.8, 4) is 5.75 Å².